The highest BCUT2D eigenvalue weighted by Gasteiger charge is 2.20. The fourth-order valence-electron chi connectivity index (χ4n) is 1.82. The Balaban J connectivity index is 2.16. The number of benzene rings is 1. The number of hydrogen-bond donors (Lipinski definition) is 2. The van der Waals surface area contributed by atoms with Crippen LogP contribution in [0, 0.1) is 0 Å². The first kappa shape index (κ1) is 14.8. The zero-order valence-corrected chi connectivity index (χ0v) is 12.4. The van der Waals surface area contributed by atoms with E-state index in [2.05, 4.69) is 9.71 Å². The van der Waals surface area contributed by atoms with E-state index < -0.39 is 10.0 Å². The van der Waals surface area contributed by atoms with Crippen molar-refractivity contribution < 1.29 is 8.42 Å². The van der Waals surface area contributed by atoms with E-state index in [4.69, 9.17) is 17.3 Å². The fraction of sp³-hybridized carbons (Fsp3) is 0.250. The highest BCUT2D eigenvalue weighted by Crippen LogP contribution is 2.22. The third kappa shape index (κ3) is 3.50. The van der Waals surface area contributed by atoms with E-state index >= 15 is 0 Å². The smallest absolute Gasteiger partial charge is 0.242 e. The van der Waals surface area contributed by atoms with Crippen LogP contribution in [0.3, 0.4) is 0 Å². The molecule has 0 radical (unpaired) electrons. The number of hydrogen-bond acceptors (Lipinski definition) is 4. The molecular formula is C12H15ClN4O2S. The van der Waals surface area contributed by atoms with Gasteiger partial charge in [-0.25, -0.2) is 18.1 Å². The Hall–Kier alpha value is -1.57. The predicted molar refractivity (Wildman–Crippen MR) is 77.9 cm³/mol. The summed E-state index contributed by atoms with van der Waals surface area (Å²) >= 11 is 5.81. The number of aromatic nitrogens is 2. The highest BCUT2D eigenvalue weighted by molar-refractivity contribution is 7.89. The average molecular weight is 315 g/mol. The number of rotatable bonds is 5. The molecule has 6 nitrogen and oxygen atoms in total. The van der Waals surface area contributed by atoms with E-state index in [0.717, 1.165) is 0 Å². The molecule has 1 aromatic carbocycles. The van der Waals surface area contributed by atoms with Gasteiger partial charge in [-0.2, -0.15) is 0 Å². The molecule has 0 fully saturated rings. The molecule has 0 aliphatic heterocycles. The molecule has 2 rings (SSSR count). The third-order valence-electron chi connectivity index (χ3n) is 2.67. The van der Waals surface area contributed by atoms with Crippen LogP contribution >= 0.6 is 11.6 Å². The lowest BCUT2D eigenvalue weighted by Gasteiger charge is -2.15. The molecule has 0 amide bonds. The highest BCUT2D eigenvalue weighted by atomic mass is 35.5. The number of nitrogens with two attached hydrogens (primary N) is 1. The number of halogens is 1. The number of nitrogen functional groups attached to an aromatic ring is 1. The Morgan fingerprint density at radius 1 is 1.50 bits per heavy atom. The van der Waals surface area contributed by atoms with Crippen molar-refractivity contribution >= 4 is 27.3 Å². The minimum Gasteiger partial charge on any atom is -0.398 e. The lowest BCUT2D eigenvalue weighted by Crippen LogP contribution is -2.35. The van der Waals surface area contributed by atoms with Gasteiger partial charge in [0.2, 0.25) is 10.0 Å². The Bertz CT molecular complexity index is 685. The van der Waals surface area contributed by atoms with Gasteiger partial charge in [0.25, 0.3) is 0 Å². The standard InChI is InChI=1S/C12H15ClN4O2S/c1-9(7-17-5-4-15-8-17)16-20(18,19)12-6-10(13)2-3-11(12)14/h2-6,8-9,16H,7,14H2,1H3. The van der Waals surface area contributed by atoms with Gasteiger partial charge < -0.3 is 10.3 Å². The minimum atomic E-state index is -3.71. The Kier molecular flexibility index (Phi) is 4.32. The van der Waals surface area contributed by atoms with Gasteiger partial charge in [-0.3, -0.25) is 0 Å². The third-order valence-corrected chi connectivity index (χ3v) is 4.55. The monoisotopic (exact) mass is 314 g/mol. The van der Waals surface area contributed by atoms with Crippen LogP contribution < -0.4 is 10.5 Å². The topological polar surface area (TPSA) is 90.0 Å². The molecule has 0 saturated carbocycles. The summed E-state index contributed by atoms with van der Waals surface area (Å²) in [5.41, 5.74) is 5.86. The molecule has 20 heavy (non-hydrogen) atoms. The van der Waals surface area contributed by atoms with Gasteiger partial charge in [0.15, 0.2) is 0 Å². The molecule has 1 unspecified atom stereocenters. The van der Waals surface area contributed by atoms with Crippen molar-refractivity contribution in [3.63, 3.8) is 0 Å². The SMILES string of the molecule is CC(Cn1ccnc1)NS(=O)(=O)c1cc(Cl)ccc1N. The Labute approximate surface area is 122 Å². The number of anilines is 1. The van der Waals surface area contributed by atoms with Crippen molar-refractivity contribution in [1.29, 1.82) is 0 Å². The summed E-state index contributed by atoms with van der Waals surface area (Å²) in [5, 5.41) is 0.321. The molecule has 1 atom stereocenters. The summed E-state index contributed by atoms with van der Waals surface area (Å²) < 4.78 is 28.9. The van der Waals surface area contributed by atoms with Crippen LogP contribution in [-0.2, 0) is 16.6 Å². The summed E-state index contributed by atoms with van der Waals surface area (Å²) in [5.74, 6) is 0. The van der Waals surface area contributed by atoms with Crippen LogP contribution in [0.4, 0.5) is 5.69 Å². The molecule has 108 valence electrons. The van der Waals surface area contributed by atoms with Gasteiger partial charge in [0.05, 0.1) is 12.0 Å². The molecular weight excluding hydrogens is 300 g/mol. The van der Waals surface area contributed by atoms with Gasteiger partial charge in [-0.15, -0.1) is 0 Å². The zero-order valence-electron chi connectivity index (χ0n) is 10.8. The minimum absolute atomic E-state index is 0.0116. The van der Waals surface area contributed by atoms with Crippen molar-refractivity contribution in [3.05, 3.63) is 41.9 Å². The van der Waals surface area contributed by atoms with Crippen molar-refractivity contribution in [1.82, 2.24) is 14.3 Å². The molecule has 1 aromatic heterocycles. The lowest BCUT2D eigenvalue weighted by atomic mass is 10.3. The van der Waals surface area contributed by atoms with Crippen molar-refractivity contribution in [3.8, 4) is 0 Å². The van der Waals surface area contributed by atoms with Crippen LogP contribution in [0.5, 0.6) is 0 Å². The molecule has 8 heteroatoms. The fourth-order valence-corrected chi connectivity index (χ4v) is 3.45. The van der Waals surface area contributed by atoms with Gasteiger partial charge in [0, 0.05) is 30.0 Å². The number of nitrogens with one attached hydrogen (secondary N) is 1. The van der Waals surface area contributed by atoms with E-state index in [-0.39, 0.29) is 16.6 Å². The zero-order chi connectivity index (χ0) is 14.8. The largest absolute Gasteiger partial charge is 0.398 e. The molecule has 1 heterocycles. The molecule has 2 aromatic rings. The first-order valence-corrected chi connectivity index (χ1v) is 7.78. The molecule has 0 bridgehead atoms. The Morgan fingerprint density at radius 3 is 2.90 bits per heavy atom. The van der Waals surface area contributed by atoms with E-state index in [0.29, 0.717) is 11.6 Å². The molecule has 0 aliphatic carbocycles. The van der Waals surface area contributed by atoms with Crippen molar-refractivity contribution in [2.45, 2.75) is 24.4 Å². The van der Waals surface area contributed by atoms with E-state index in [1.54, 1.807) is 36.3 Å². The first-order valence-electron chi connectivity index (χ1n) is 5.91. The normalized spacial score (nSPS) is 13.3. The quantitative estimate of drug-likeness (QED) is 0.818. The molecule has 3 N–H and O–H groups in total. The second-order valence-corrected chi connectivity index (χ2v) is 6.58. The lowest BCUT2D eigenvalue weighted by molar-refractivity contribution is 0.520. The van der Waals surface area contributed by atoms with Gasteiger partial charge in [0.1, 0.15) is 4.90 Å². The van der Waals surface area contributed by atoms with Crippen LogP contribution in [0.15, 0.2) is 41.8 Å². The first-order chi connectivity index (χ1) is 9.38. The van der Waals surface area contributed by atoms with Crippen LogP contribution in [0.25, 0.3) is 0 Å². The summed E-state index contributed by atoms with van der Waals surface area (Å²) in [6.45, 7) is 2.23. The predicted octanol–water partition coefficient (Wildman–Crippen LogP) is 1.49. The average Bonchev–Trinajstić information content (AvgIpc) is 2.84. The molecule has 0 saturated heterocycles. The second-order valence-electron chi connectivity index (χ2n) is 4.46. The van der Waals surface area contributed by atoms with E-state index in [1.807, 2.05) is 0 Å². The van der Waals surface area contributed by atoms with Gasteiger partial charge in [-0.05, 0) is 25.1 Å². The van der Waals surface area contributed by atoms with Crippen molar-refractivity contribution in [2.24, 2.45) is 0 Å². The maximum absolute atomic E-state index is 12.3. The van der Waals surface area contributed by atoms with Gasteiger partial charge in [-0.1, -0.05) is 11.6 Å². The van der Waals surface area contributed by atoms with Crippen LogP contribution in [0.1, 0.15) is 6.92 Å². The molecule has 0 spiro atoms. The second kappa shape index (κ2) is 5.82. The van der Waals surface area contributed by atoms with Crippen LogP contribution in [0.2, 0.25) is 5.02 Å². The summed E-state index contributed by atoms with van der Waals surface area (Å²) in [4.78, 5) is 3.89. The van der Waals surface area contributed by atoms with E-state index in [1.165, 1.54) is 12.1 Å². The molecule has 0 aliphatic rings. The van der Waals surface area contributed by atoms with Crippen molar-refractivity contribution in [2.75, 3.05) is 5.73 Å². The maximum Gasteiger partial charge on any atom is 0.242 e. The number of nitrogens with zero attached hydrogens (tertiary/aromatic N) is 2. The maximum atomic E-state index is 12.3. The summed E-state index contributed by atoms with van der Waals surface area (Å²) in [7, 11) is -3.71. The summed E-state index contributed by atoms with van der Waals surface area (Å²) in [6, 6.07) is 4.04. The summed E-state index contributed by atoms with van der Waals surface area (Å²) in [6.07, 6.45) is 5.02. The Morgan fingerprint density at radius 2 is 2.25 bits per heavy atom. The van der Waals surface area contributed by atoms with Gasteiger partial charge >= 0.3 is 0 Å². The van der Waals surface area contributed by atoms with Crippen LogP contribution in [-0.4, -0.2) is 24.0 Å². The number of sulfonamides is 1. The number of imidazole rings is 1. The van der Waals surface area contributed by atoms with E-state index in [9.17, 15) is 8.42 Å².